The van der Waals surface area contributed by atoms with Crippen molar-refractivity contribution in [2.75, 3.05) is 33.0 Å². The molecular formula is C25H35N3O4. The molecule has 174 valence electrons. The van der Waals surface area contributed by atoms with E-state index in [1.807, 2.05) is 19.9 Å². The Morgan fingerprint density at radius 2 is 1.97 bits per heavy atom. The molecule has 0 aromatic heterocycles. The number of piperidine rings is 1. The zero-order valence-electron chi connectivity index (χ0n) is 19.5. The van der Waals surface area contributed by atoms with Gasteiger partial charge in [0.15, 0.2) is 11.5 Å². The van der Waals surface area contributed by atoms with E-state index >= 15 is 0 Å². The fraction of sp³-hybridized carbons (Fsp3) is 0.600. The molecule has 0 radical (unpaired) electrons. The topological polar surface area (TPSA) is 71.1 Å². The molecule has 0 aliphatic carbocycles. The van der Waals surface area contributed by atoms with E-state index in [9.17, 15) is 9.59 Å². The van der Waals surface area contributed by atoms with Crippen LogP contribution < -0.4 is 14.8 Å². The van der Waals surface area contributed by atoms with Gasteiger partial charge in [-0.15, -0.1) is 0 Å². The lowest BCUT2D eigenvalue weighted by atomic mass is 9.75. The lowest BCUT2D eigenvalue weighted by Gasteiger charge is -2.41. The van der Waals surface area contributed by atoms with Gasteiger partial charge in [0.2, 0.25) is 6.79 Å². The van der Waals surface area contributed by atoms with Crippen molar-refractivity contribution in [3.05, 3.63) is 35.9 Å². The molecular weight excluding hydrogens is 406 g/mol. The van der Waals surface area contributed by atoms with Crippen molar-refractivity contribution in [3.63, 3.8) is 0 Å². The van der Waals surface area contributed by atoms with E-state index in [4.69, 9.17) is 9.47 Å². The van der Waals surface area contributed by atoms with Crippen molar-refractivity contribution in [3.8, 4) is 11.5 Å². The van der Waals surface area contributed by atoms with Gasteiger partial charge in [0, 0.05) is 6.54 Å². The third-order valence-electron chi connectivity index (χ3n) is 7.06. The number of amides is 3. The molecule has 32 heavy (non-hydrogen) atoms. The van der Waals surface area contributed by atoms with Crippen LogP contribution >= 0.6 is 0 Å². The van der Waals surface area contributed by atoms with Gasteiger partial charge in [-0.1, -0.05) is 32.1 Å². The fourth-order valence-electron chi connectivity index (χ4n) is 5.45. The third kappa shape index (κ3) is 4.35. The first-order valence-corrected chi connectivity index (χ1v) is 11.7. The molecule has 1 aromatic rings. The monoisotopic (exact) mass is 441 g/mol. The summed E-state index contributed by atoms with van der Waals surface area (Å²) < 4.78 is 10.9. The minimum atomic E-state index is -0.767. The summed E-state index contributed by atoms with van der Waals surface area (Å²) in [4.78, 5) is 29.6. The largest absolute Gasteiger partial charge is 0.454 e. The van der Waals surface area contributed by atoms with Crippen LogP contribution in [0.3, 0.4) is 0 Å². The van der Waals surface area contributed by atoms with Crippen LogP contribution in [0.4, 0.5) is 4.79 Å². The molecule has 3 aliphatic rings. The molecule has 0 spiro atoms. The highest BCUT2D eigenvalue weighted by atomic mass is 16.7. The fourth-order valence-corrected chi connectivity index (χ4v) is 5.45. The summed E-state index contributed by atoms with van der Waals surface area (Å²) in [6, 6.07) is 5.91. The Balaban J connectivity index is 1.32. The minimum absolute atomic E-state index is 0.0809. The summed E-state index contributed by atoms with van der Waals surface area (Å²) in [7, 11) is 0. The number of hydrogen-bond donors (Lipinski definition) is 1. The smallest absolute Gasteiger partial charge is 0.325 e. The highest BCUT2D eigenvalue weighted by Gasteiger charge is 2.54. The quantitative estimate of drug-likeness (QED) is 0.493. The van der Waals surface area contributed by atoms with Crippen LogP contribution in [0.2, 0.25) is 0 Å². The lowest BCUT2D eigenvalue weighted by Crippen LogP contribution is -2.56. The first-order valence-electron chi connectivity index (χ1n) is 11.7. The number of hydrogen-bond acceptors (Lipinski definition) is 5. The van der Waals surface area contributed by atoms with E-state index in [-0.39, 0.29) is 17.9 Å². The zero-order valence-corrected chi connectivity index (χ0v) is 19.5. The Morgan fingerprint density at radius 3 is 2.66 bits per heavy atom. The number of urea groups is 1. The third-order valence-corrected chi connectivity index (χ3v) is 7.06. The predicted molar refractivity (Wildman–Crippen MR) is 123 cm³/mol. The maximum atomic E-state index is 13.2. The number of imide groups is 1. The highest BCUT2D eigenvalue weighted by Crippen LogP contribution is 2.37. The number of carbonyl (C=O) groups excluding carboxylic acids is 2. The Hall–Kier alpha value is -2.54. The second-order valence-corrected chi connectivity index (χ2v) is 9.68. The Kier molecular flexibility index (Phi) is 6.47. The zero-order chi connectivity index (χ0) is 22.9. The average Bonchev–Trinajstić information content (AvgIpc) is 3.32. The first-order chi connectivity index (χ1) is 15.3. The van der Waals surface area contributed by atoms with E-state index < -0.39 is 5.54 Å². The molecule has 4 rings (SSSR count). The van der Waals surface area contributed by atoms with Gasteiger partial charge in [-0.2, -0.15) is 0 Å². The van der Waals surface area contributed by atoms with Gasteiger partial charge in [0.05, 0.1) is 6.54 Å². The van der Waals surface area contributed by atoms with Crippen molar-refractivity contribution < 1.29 is 19.1 Å². The Labute approximate surface area is 190 Å². The summed E-state index contributed by atoms with van der Waals surface area (Å²) in [5.41, 5.74) is 1.31. The molecule has 7 nitrogen and oxygen atoms in total. The molecule has 1 aromatic carbocycles. The molecule has 1 N–H and O–H groups in total. The predicted octanol–water partition coefficient (Wildman–Crippen LogP) is 3.58. The second-order valence-electron chi connectivity index (χ2n) is 9.68. The van der Waals surface area contributed by atoms with Crippen LogP contribution in [0.15, 0.2) is 30.4 Å². The number of carbonyl (C=O) groups is 2. The molecule has 7 heteroatoms. The standard InChI is InChI=1S/C25H35N3O4/c1-5-25(23(29)28(14-17(2)3)24(30)26-25)20-8-10-27(11-9-20)15-18(4)12-19-6-7-21-22(13-19)32-16-31-21/h6-7,13,18,20H,2,5,8-12,14-16H2,1,3-4H3,(H,26,30). The van der Waals surface area contributed by atoms with Gasteiger partial charge in [-0.25, -0.2) is 4.79 Å². The van der Waals surface area contributed by atoms with Crippen LogP contribution in [-0.4, -0.2) is 60.2 Å². The number of benzene rings is 1. The van der Waals surface area contributed by atoms with Gasteiger partial charge < -0.3 is 19.7 Å². The second kappa shape index (κ2) is 9.14. The van der Waals surface area contributed by atoms with E-state index in [1.165, 1.54) is 10.5 Å². The number of nitrogens with one attached hydrogen (secondary N) is 1. The van der Waals surface area contributed by atoms with Crippen molar-refractivity contribution in [2.45, 2.75) is 52.0 Å². The summed E-state index contributed by atoms with van der Waals surface area (Å²) in [6.45, 7) is 13.5. The van der Waals surface area contributed by atoms with Crippen molar-refractivity contribution in [1.82, 2.24) is 15.1 Å². The molecule has 2 fully saturated rings. The van der Waals surface area contributed by atoms with Gasteiger partial charge in [-0.3, -0.25) is 9.69 Å². The molecule has 0 bridgehead atoms. The average molecular weight is 442 g/mol. The van der Waals surface area contributed by atoms with E-state index in [0.717, 1.165) is 56.0 Å². The first kappa shape index (κ1) is 22.6. The molecule has 3 aliphatic heterocycles. The molecule has 2 saturated heterocycles. The lowest BCUT2D eigenvalue weighted by molar-refractivity contribution is -0.134. The van der Waals surface area contributed by atoms with Gasteiger partial charge in [0.25, 0.3) is 5.91 Å². The maximum absolute atomic E-state index is 13.2. The molecule has 0 saturated carbocycles. The van der Waals surface area contributed by atoms with E-state index in [1.54, 1.807) is 0 Å². The summed E-state index contributed by atoms with van der Waals surface area (Å²) in [5.74, 6) is 2.25. The Morgan fingerprint density at radius 1 is 1.25 bits per heavy atom. The van der Waals surface area contributed by atoms with E-state index in [2.05, 4.69) is 35.9 Å². The number of ether oxygens (including phenoxy) is 2. The maximum Gasteiger partial charge on any atom is 0.325 e. The summed E-state index contributed by atoms with van der Waals surface area (Å²) >= 11 is 0. The van der Waals surface area contributed by atoms with Crippen LogP contribution in [0.25, 0.3) is 0 Å². The number of rotatable bonds is 8. The van der Waals surface area contributed by atoms with E-state index in [0.29, 0.717) is 25.7 Å². The van der Waals surface area contributed by atoms with Crippen molar-refractivity contribution >= 4 is 11.9 Å². The van der Waals surface area contributed by atoms with Gasteiger partial charge >= 0.3 is 6.03 Å². The molecule has 2 atom stereocenters. The number of nitrogens with zero attached hydrogens (tertiary/aromatic N) is 2. The van der Waals surface area contributed by atoms with Gasteiger partial charge in [-0.05, 0) is 75.2 Å². The van der Waals surface area contributed by atoms with Crippen LogP contribution in [-0.2, 0) is 11.2 Å². The SMILES string of the molecule is C=C(C)CN1C(=O)NC(CC)(C2CCN(CC(C)Cc3ccc4c(c3)OCO4)CC2)C1=O. The van der Waals surface area contributed by atoms with Crippen LogP contribution in [0.5, 0.6) is 11.5 Å². The van der Waals surface area contributed by atoms with Crippen LogP contribution in [0.1, 0.15) is 45.6 Å². The number of fused-ring (bicyclic) bond motifs is 1. The number of likely N-dealkylation sites (tertiary alicyclic amines) is 1. The van der Waals surface area contributed by atoms with Crippen molar-refractivity contribution in [1.29, 1.82) is 0 Å². The molecule has 3 heterocycles. The van der Waals surface area contributed by atoms with Crippen LogP contribution in [0, 0.1) is 11.8 Å². The molecule has 3 amide bonds. The summed E-state index contributed by atoms with van der Waals surface area (Å²) in [5, 5.41) is 3.06. The minimum Gasteiger partial charge on any atom is -0.454 e. The highest BCUT2D eigenvalue weighted by molar-refractivity contribution is 6.07. The molecule has 2 unspecified atom stereocenters. The summed E-state index contributed by atoms with van der Waals surface area (Å²) in [6.07, 6.45) is 3.43. The van der Waals surface area contributed by atoms with Gasteiger partial charge in [0.1, 0.15) is 5.54 Å². The van der Waals surface area contributed by atoms with Crippen molar-refractivity contribution in [2.24, 2.45) is 11.8 Å². The normalized spacial score (nSPS) is 24.7. The Bertz CT molecular complexity index is 893.